The maximum absolute atomic E-state index is 13.2. The van der Waals surface area contributed by atoms with Crippen molar-refractivity contribution in [3.8, 4) is 0 Å². The van der Waals surface area contributed by atoms with E-state index in [0.717, 1.165) is 25.3 Å². The molecule has 18 heavy (non-hydrogen) atoms. The zero-order chi connectivity index (χ0) is 13.3. The van der Waals surface area contributed by atoms with Gasteiger partial charge < -0.3 is 5.32 Å². The highest BCUT2D eigenvalue weighted by Crippen LogP contribution is 2.27. The number of nitrogens with one attached hydrogen (secondary N) is 1. The molecule has 1 N–H and O–H groups in total. The first-order valence-electron chi connectivity index (χ1n) is 6.17. The van der Waals surface area contributed by atoms with Gasteiger partial charge in [0.05, 0.1) is 5.41 Å². The van der Waals surface area contributed by atoms with Crippen LogP contribution < -0.4 is 5.32 Å². The molecule has 1 fully saturated rings. The summed E-state index contributed by atoms with van der Waals surface area (Å²) >= 11 is 0. The summed E-state index contributed by atoms with van der Waals surface area (Å²) in [7, 11) is 0. The molecule has 0 bridgehead atoms. The van der Waals surface area contributed by atoms with Gasteiger partial charge in [0.15, 0.2) is 0 Å². The highest BCUT2D eigenvalue weighted by Gasteiger charge is 2.33. The van der Waals surface area contributed by atoms with Crippen molar-refractivity contribution in [1.29, 1.82) is 0 Å². The molecule has 1 aromatic rings. The van der Waals surface area contributed by atoms with E-state index >= 15 is 0 Å². The van der Waals surface area contributed by atoms with Gasteiger partial charge in [-0.05, 0) is 50.8 Å². The molecule has 0 atom stereocenters. The summed E-state index contributed by atoms with van der Waals surface area (Å²) < 4.78 is 26.4. The Morgan fingerprint density at radius 1 is 1.22 bits per heavy atom. The van der Waals surface area contributed by atoms with E-state index in [2.05, 4.69) is 5.32 Å². The topological polar surface area (TPSA) is 29.1 Å². The molecule has 2 nitrogen and oxygen atoms in total. The molecule has 0 radical (unpaired) electrons. The quantitative estimate of drug-likeness (QED) is 0.881. The Morgan fingerprint density at radius 2 is 1.78 bits per heavy atom. The van der Waals surface area contributed by atoms with Gasteiger partial charge in [-0.3, -0.25) is 4.79 Å². The molecular weight excluding hydrogens is 236 g/mol. The van der Waals surface area contributed by atoms with Gasteiger partial charge in [0.2, 0.25) is 5.91 Å². The number of hydrogen-bond acceptors (Lipinski definition) is 1. The number of rotatable bonds is 3. The summed E-state index contributed by atoms with van der Waals surface area (Å²) in [5.41, 5.74) is -0.574. The molecule has 0 aliphatic heterocycles. The highest BCUT2D eigenvalue weighted by atomic mass is 19.1. The average Bonchev–Trinajstić information content (AvgIpc) is 2.21. The molecule has 1 amide bonds. The van der Waals surface area contributed by atoms with E-state index in [-0.39, 0.29) is 11.9 Å². The summed E-state index contributed by atoms with van der Waals surface area (Å²) in [6, 6.07) is 3.45. The highest BCUT2D eigenvalue weighted by molar-refractivity contribution is 5.87. The van der Waals surface area contributed by atoms with Crippen molar-refractivity contribution in [2.45, 2.75) is 44.6 Å². The molecule has 1 aliphatic rings. The average molecular weight is 253 g/mol. The molecule has 0 unspecified atom stereocenters. The van der Waals surface area contributed by atoms with Crippen LogP contribution in [0.3, 0.4) is 0 Å². The lowest BCUT2D eigenvalue weighted by Crippen LogP contribution is -2.47. The van der Waals surface area contributed by atoms with Gasteiger partial charge in [-0.25, -0.2) is 8.78 Å². The first-order chi connectivity index (χ1) is 8.39. The molecule has 0 aromatic heterocycles. The molecule has 1 aromatic carbocycles. The van der Waals surface area contributed by atoms with Crippen LogP contribution in [0.4, 0.5) is 8.78 Å². The summed E-state index contributed by atoms with van der Waals surface area (Å²) in [6.45, 7) is 3.35. The fraction of sp³-hybridized carbons (Fsp3) is 0.500. The standard InChI is InChI=1S/C14H17F2NO/c1-14(2,13(18)17-12-4-3-5-12)9-6-10(15)8-11(16)7-9/h6-8,12H,3-5H2,1-2H3,(H,17,18). The van der Waals surface area contributed by atoms with Crippen molar-refractivity contribution in [3.05, 3.63) is 35.4 Å². The molecule has 0 spiro atoms. The summed E-state index contributed by atoms with van der Waals surface area (Å²) in [5.74, 6) is -1.50. The van der Waals surface area contributed by atoms with Crippen LogP contribution in [0.15, 0.2) is 18.2 Å². The minimum Gasteiger partial charge on any atom is -0.353 e. The molecule has 0 saturated heterocycles. The minimum atomic E-state index is -0.932. The summed E-state index contributed by atoms with van der Waals surface area (Å²) in [5, 5.41) is 2.91. The lowest BCUT2D eigenvalue weighted by Gasteiger charge is -2.32. The summed E-state index contributed by atoms with van der Waals surface area (Å²) in [4.78, 5) is 12.1. The van der Waals surface area contributed by atoms with Crippen molar-refractivity contribution in [1.82, 2.24) is 5.32 Å². The second kappa shape index (κ2) is 4.67. The number of halogens is 2. The maximum atomic E-state index is 13.2. The van der Waals surface area contributed by atoms with Crippen LogP contribution in [0.2, 0.25) is 0 Å². The van der Waals surface area contributed by atoms with Gasteiger partial charge in [0.1, 0.15) is 11.6 Å². The van der Waals surface area contributed by atoms with Crippen molar-refractivity contribution in [2.24, 2.45) is 0 Å². The number of hydrogen-bond donors (Lipinski definition) is 1. The molecule has 1 aliphatic carbocycles. The van der Waals surface area contributed by atoms with Gasteiger partial charge in [-0.1, -0.05) is 0 Å². The molecule has 0 heterocycles. The van der Waals surface area contributed by atoms with E-state index in [4.69, 9.17) is 0 Å². The number of carbonyl (C=O) groups excluding carboxylic acids is 1. The number of amides is 1. The maximum Gasteiger partial charge on any atom is 0.230 e. The Labute approximate surface area is 105 Å². The van der Waals surface area contributed by atoms with Gasteiger partial charge in [-0.2, -0.15) is 0 Å². The van der Waals surface area contributed by atoms with Crippen LogP contribution in [0.5, 0.6) is 0 Å². The predicted octanol–water partition coefficient (Wildman–Crippen LogP) is 2.91. The molecule has 98 valence electrons. The van der Waals surface area contributed by atoms with Crippen LogP contribution >= 0.6 is 0 Å². The van der Waals surface area contributed by atoms with Gasteiger partial charge in [-0.15, -0.1) is 0 Å². The van der Waals surface area contributed by atoms with E-state index in [1.165, 1.54) is 12.1 Å². The minimum absolute atomic E-state index is 0.183. The van der Waals surface area contributed by atoms with Crippen LogP contribution in [0, 0.1) is 11.6 Å². The molecule has 2 rings (SSSR count). The zero-order valence-corrected chi connectivity index (χ0v) is 10.6. The Morgan fingerprint density at radius 3 is 2.22 bits per heavy atom. The monoisotopic (exact) mass is 253 g/mol. The fourth-order valence-corrected chi connectivity index (χ4v) is 1.96. The Kier molecular flexibility index (Phi) is 3.37. The molecule has 4 heteroatoms. The van der Waals surface area contributed by atoms with Crippen LogP contribution in [-0.4, -0.2) is 11.9 Å². The zero-order valence-electron chi connectivity index (χ0n) is 10.6. The van der Waals surface area contributed by atoms with Gasteiger partial charge in [0.25, 0.3) is 0 Å². The number of benzene rings is 1. The van der Waals surface area contributed by atoms with Crippen LogP contribution in [0.25, 0.3) is 0 Å². The number of carbonyl (C=O) groups is 1. The normalized spacial score (nSPS) is 16.2. The van der Waals surface area contributed by atoms with Gasteiger partial charge in [0, 0.05) is 12.1 Å². The van der Waals surface area contributed by atoms with Crippen LogP contribution in [-0.2, 0) is 10.2 Å². The Hall–Kier alpha value is -1.45. The Balaban J connectivity index is 2.19. The summed E-state index contributed by atoms with van der Waals surface area (Å²) in [6.07, 6.45) is 3.10. The second-order valence-electron chi connectivity index (χ2n) is 5.38. The largest absolute Gasteiger partial charge is 0.353 e. The molecular formula is C14H17F2NO. The van der Waals surface area contributed by atoms with Crippen molar-refractivity contribution in [3.63, 3.8) is 0 Å². The lowest BCUT2D eigenvalue weighted by atomic mass is 9.82. The van der Waals surface area contributed by atoms with Crippen molar-refractivity contribution in [2.75, 3.05) is 0 Å². The Bertz CT molecular complexity index is 447. The SMILES string of the molecule is CC(C)(C(=O)NC1CCC1)c1cc(F)cc(F)c1. The van der Waals surface area contributed by atoms with E-state index in [1.807, 2.05) is 0 Å². The van der Waals surface area contributed by atoms with Gasteiger partial charge >= 0.3 is 0 Å². The van der Waals surface area contributed by atoms with Crippen molar-refractivity contribution < 1.29 is 13.6 Å². The van der Waals surface area contributed by atoms with E-state index in [1.54, 1.807) is 13.8 Å². The van der Waals surface area contributed by atoms with E-state index in [0.29, 0.717) is 5.56 Å². The second-order valence-corrected chi connectivity index (χ2v) is 5.38. The third-order valence-electron chi connectivity index (χ3n) is 3.59. The third-order valence-corrected chi connectivity index (χ3v) is 3.59. The first-order valence-corrected chi connectivity index (χ1v) is 6.17. The van der Waals surface area contributed by atoms with E-state index in [9.17, 15) is 13.6 Å². The van der Waals surface area contributed by atoms with Crippen LogP contribution in [0.1, 0.15) is 38.7 Å². The fourth-order valence-electron chi connectivity index (χ4n) is 1.96. The van der Waals surface area contributed by atoms with E-state index < -0.39 is 17.0 Å². The molecule has 1 saturated carbocycles. The third kappa shape index (κ3) is 2.52. The first kappa shape index (κ1) is 13.0. The predicted molar refractivity (Wildman–Crippen MR) is 65.2 cm³/mol. The van der Waals surface area contributed by atoms with Crippen molar-refractivity contribution >= 4 is 5.91 Å². The lowest BCUT2D eigenvalue weighted by molar-refractivity contribution is -0.126. The smallest absolute Gasteiger partial charge is 0.230 e.